The number of carbonyl (C=O) groups excluding carboxylic acids is 1. The van der Waals surface area contributed by atoms with E-state index in [2.05, 4.69) is 39.4 Å². The maximum absolute atomic E-state index is 13.5. The van der Waals surface area contributed by atoms with Gasteiger partial charge in [-0.05, 0) is 63.2 Å². The zero-order chi connectivity index (χ0) is 27.3. The van der Waals surface area contributed by atoms with Crippen LogP contribution in [0.2, 0.25) is 0 Å². The minimum absolute atomic E-state index is 0.0719. The van der Waals surface area contributed by atoms with Gasteiger partial charge < -0.3 is 9.30 Å². The fourth-order valence-corrected chi connectivity index (χ4v) is 5.58. The molecular formula is C29H30N4O4S. The maximum atomic E-state index is 13.5. The molecular weight excluding hydrogens is 500 g/mol. The second-order valence-electron chi connectivity index (χ2n) is 8.82. The van der Waals surface area contributed by atoms with Crippen molar-refractivity contribution in [3.8, 4) is 11.4 Å². The number of nitrogens with one attached hydrogen (secondary N) is 1. The van der Waals surface area contributed by atoms with Crippen LogP contribution < -0.4 is 14.5 Å². The first-order valence-corrected chi connectivity index (χ1v) is 13.4. The summed E-state index contributed by atoms with van der Waals surface area (Å²) in [7, 11) is -2.54. The molecule has 0 fully saturated rings. The van der Waals surface area contributed by atoms with Crippen molar-refractivity contribution in [3.63, 3.8) is 0 Å². The third kappa shape index (κ3) is 5.78. The Balaban J connectivity index is 1.55. The number of hydrogen-bond acceptors (Lipinski definition) is 5. The lowest BCUT2D eigenvalue weighted by Gasteiger charge is -2.24. The van der Waals surface area contributed by atoms with Gasteiger partial charge in [0.2, 0.25) is 0 Å². The summed E-state index contributed by atoms with van der Waals surface area (Å²) in [4.78, 5) is 13.0. The van der Waals surface area contributed by atoms with E-state index in [4.69, 9.17) is 4.74 Å². The molecule has 0 bridgehead atoms. The van der Waals surface area contributed by atoms with Gasteiger partial charge in [0.05, 0.1) is 23.9 Å². The zero-order valence-corrected chi connectivity index (χ0v) is 22.6. The highest BCUT2D eigenvalue weighted by atomic mass is 32.2. The Morgan fingerprint density at radius 2 is 1.68 bits per heavy atom. The van der Waals surface area contributed by atoms with Crippen molar-refractivity contribution >= 4 is 27.8 Å². The summed E-state index contributed by atoms with van der Waals surface area (Å²) in [6, 6.07) is 24.7. The number of methoxy groups -OCH3 is 1. The Morgan fingerprint density at radius 1 is 0.974 bits per heavy atom. The molecule has 1 heterocycles. The molecule has 0 radical (unpaired) electrons. The van der Waals surface area contributed by atoms with E-state index in [1.54, 1.807) is 48.7 Å². The largest absolute Gasteiger partial charge is 0.497 e. The molecule has 0 aliphatic carbocycles. The predicted molar refractivity (Wildman–Crippen MR) is 150 cm³/mol. The number of benzene rings is 3. The standard InChI is InChI=1S/C29H30N4O4S/c1-21-13-15-25(16-14-21)33-22(2)17-24(23(33)3)19-30-31-29(34)20-32(26-9-8-10-27(18-26)37-4)38(35,36)28-11-6-5-7-12-28/h5-19H,20H2,1-4H3,(H,31,34)/b30-19-. The monoisotopic (exact) mass is 530 g/mol. The van der Waals surface area contributed by atoms with Gasteiger partial charge in [0.1, 0.15) is 12.3 Å². The van der Waals surface area contributed by atoms with Crippen LogP contribution in [0.25, 0.3) is 5.69 Å². The normalized spacial score (nSPS) is 11.5. The van der Waals surface area contributed by atoms with Gasteiger partial charge in [-0.15, -0.1) is 0 Å². The van der Waals surface area contributed by atoms with Gasteiger partial charge in [-0.2, -0.15) is 5.10 Å². The van der Waals surface area contributed by atoms with E-state index >= 15 is 0 Å². The number of aromatic nitrogens is 1. The second-order valence-corrected chi connectivity index (χ2v) is 10.7. The first-order valence-electron chi connectivity index (χ1n) is 12.0. The van der Waals surface area contributed by atoms with E-state index in [0.29, 0.717) is 11.4 Å². The van der Waals surface area contributed by atoms with Gasteiger partial charge >= 0.3 is 0 Å². The zero-order valence-electron chi connectivity index (χ0n) is 21.8. The van der Waals surface area contributed by atoms with Crippen LogP contribution in [0.4, 0.5) is 5.69 Å². The number of carbonyl (C=O) groups is 1. The van der Waals surface area contributed by atoms with E-state index in [-0.39, 0.29) is 4.90 Å². The van der Waals surface area contributed by atoms with Crippen molar-refractivity contribution < 1.29 is 17.9 Å². The average Bonchev–Trinajstić information content (AvgIpc) is 3.20. The minimum Gasteiger partial charge on any atom is -0.497 e. The molecule has 3 aromatic carbocycles. The predicted octanol–water partition coefficient (Wildman–Crippen LogP) is 4.76. The third-order valence-electron chi connectivity index (χ3n) is 6.12. The lowest BCUT2D eigenvalue weighted by molar-refractivity contribution is -0.119. The number of rotatable bonds is 9. The number of aryl methyl sites for hydroxylation is 2. The maximum Gasteiger partial charge on any atom is 0.264 e. The lowest BCUT2D eigenvalue weighted by Crippen LogP contribution is -2.39. The number of hydrogen-bond donors (Lipinski definition) is 1. The van der Waals surface area contributed by atoms with E-state index in [1.807, 2.05) is 26.8 Å². The molecule has 0 atom stereocenters. The molecule has 0 aliphatic rings. The quantitative estimate of drug-likeness (QED) is 0.250. The molecule has 4 aromatic rings. The molecule has 0 saturated carbocycles. The Bertz CT molecular complexity index is 1560. The molecule has 0 unspecified atom stereocenters. The smallest absolute Gasteiger partial charge is 0.264 e. The first-order chi connectivity index (χ1) is 18.2. The van der Waals surface area contributed by atoms with Crippen LogP contribution in [0.1, 0.15) is 22.5 Å². The molecule has 0 aliphatic heterocycles. The third-order valence-corrected chi connectivity index (χ3v) is 7.90. The summed E-state index contributed by atoms with van der Waals surface area (Å²) in [5.74, 6) is -0.117. The lowest BCUT2D eigenvalue weighted by atomic mass is 10.2. The molecule has 0 saturated heterocycles. The number of sulfonamides is 1. The second kappa shape index (κ2) is 11.4. The van der Waals surface area contributed by atoms with Gasteiger partial charge in [0.15, 0.2) is 0 Å². The van der Waals surface area contributed by atoms with E-state index in [9.17, 15) is 13.2 Å². The van der Waals surface area contributed by atoms with Crippen molar-refractivity contribution in [2.75, 3.05) is 18.0 Å². The summed E-state index contributed by atoms with van der Waals surface area (Å²) in [5, 5.41) is 4.12. The fraction of sp³-hybridized carbons (Fsp3) is 0.172. The van der Waals surface area contributed by atoms with Crippen molar-refractivity contribution in [1.29, 1.82) is 0 Å². The van der Waals surface area contributed by atoms with Gasteiger partial charge in [-0.3, -0.25) is 9.10 Å². The average molecular weight is 531 g/mol. The number of anilines is 1. The molecule has 0 spiro atoms. The highest BCUT2D eigenvalue weighted by Crippen LogP contribution is 2.27. The van der Waals surface area contributed by atoms with E-state index in [1.165, 1.54) is 24.8 Å². The number of hydrazone groups is 1. The molecule has 8 nitrogen and oxygen atoms in total. The summed E-state index contributed by atoms with van der Waals surface area (Å²) in [6.45, 7) is 5.56. The molecule has 4 rings (SSSR count). The summed E-state index contributed by atoms with van der Waals surface area (Å²) >= 11 is 0. The van der Waals surface area contributed by atoms with Crippen LogP contribution in [-0.4, -0.2) is 38.8 Å². The molecule has 1 amide bonds. The van der Waals surface area contributed by atoms with Gasteiger partial charge in [-0.1, -0.05) is 42.0 Å². The fourth-order valence-electron chi connectivity index (χ4n) is 4.15. The Labute approximate surface area is 223 Å². The highest BCUT2D eigenvalue weighted by molar-refractivity contribution is 7.92. The number of nitrogens with zero attached hydrogens (tertiary/aromatic N) is 3. The minimum atomic E-state index is -4.03. The van der Waals surface area contributed by atoms with Gasteiger partial charge in [0.25, 0.3) is 15.9 Å². The van der Waals surface area contributed by atoms with Crippen molar-refractivity contribution in [2.24, 2.45) is 5.10 Å². The molecule has 9 heteroatoms. The Hall–Kier alpha value is -4.37. The highest BCUT2D eigenvalue weighted by Gasteiger charge is 2.27. The van der Waals surface area contributed by atoms with Crippen LogP contribution in [-0.2, 0) is 14.8 Å². The molecule has 196 valence electrons. The van der Waals surface area contributed by atoms with Gasteiger partial charge in [0, 0.05) is 28.7 Å². The first kappa shape index (κ1) is 26.7. The number of amides is 1. The van der Waals surface area contributed by atoms with Crippen molar-refractivity contribution in [3.05, 3.63) is 107 Å². The SMILES string of the molecule is COc1cccc(N(CC(=O)N/N=C\c2cc(C)n(-c3ccc(C)cc3)c2C)S(=O)(=O)c2ccccc2)c1. The van der Waals surface area contributed by atoms with Gasteiger partial charge in [-0.25, -0.2) is 13.8 Å². The van der Waals surface area contributed by atoms with Crippen molar-refractivity contribution in [1.82, 2.24) is 9.99 Å². The topological polar surface area (TPSA) is 93.0 Å². The summed E-state index contributed by atoms with van der Waals surface area (Å²) in [6.07, 6.45) is 1.56. The summed E-state index contributed by atoms with van der Waals surface area (Å²) in [5.41, 5.74) is 7.82. The van der Waals surface area contributed by atoms with Crippen LogP contribution >= 0.6 is 0 Å². The molecule has 1 N–H and O–H groups in total. The molecule has 38 heavy (non-hydrogen) atoms. The molecule has 1 aromatic heterocycles. The van der Waals surface area contributed by atoms with E-state index in [0.717, 1.165) is 26.9 Å². The van der Waals surface area contributed by atoms with Crippen LogP contribution in [0, 0.1) is 20.8 Å². The Kier molecular flexibility index (Phi) is 7.97. The van der Waals surface area contributed by atoms with Crippen molar-refractivity contribution in [2.45, 2.75) is 25.7 Å². The van der Waals surface area contributed by atoms with E-state index < -0.39 is 22.5 Å². The van der Waals surface area contributed by atoms with Crippen LogP contribution in [0.3, 0.4) is 0 Å². The van der Waals surface area contributed by atoms with Crippen LogP contribution in [0.15, 0.2) is 94.9 Å². The Morgan fingerprint density at radius 3 is 2.37 bits per heavy atom. The van der Waals surface area contributed by atoms with Crippen LogP contribution in [0.5, 0.6) is 5.75 Å². The number of ether oxygens (including phenoxy) is 1. The summed E-state index contributed by atoms with van der Waals surface area (Å²) < 4.78 is 35.3.